The van der Waals surface area contributed by atoms with Crippen molar-refractivity contribution >= 4 is 17.7 Å². The molecule has 138 valence electrons. The summed E-state index contributed by atoms with van der Waals surface area (Å²) in [5.74, 6) is -0.889. The number of hydrogen-bond acceptors (Lipinski definition) is 6. The Morgan fingerprint density at radius 1 is 1.32 bits per heavy atom. The Morgan fingerprint density at radius 3 is 2.60 bits per heavy atom. The van der Waals surface area contributed by atoms with Crippen LogP contribution in [-0.2, 0) is 14.3 Å². The van der Waals surface area contributed by atoms with Crippen molar-refractivity contribution in [2.75, 3.05) is 19.4 Å². The molecule has 1 amide bonds. The third-order valence-electron chi connectivity index (χ3n) is 3.63. The van der Waals surface area contributed by atoms with Gasteiger partial charge in [0.15, 0.2) is 0 Å². The van der Waals surface area contributed by atoms with Crippen molar-refractivity contribution in [3.8, 4) is 5.75 Å². The molecule has 1 saturated heterocycles. The summed E-state index contributed by atoms with van der Waals surface area (Å²) in [6.07, 6.45) is -0.982. The zero-order chi connectivity index (χ0) is 18.8. The van der Waals surface area contributed by atoms with Gasteiger partial charge in [0.25, 0.3) is 0 Å². The molecule has 7 nitrogen and oxygen atoms in total. The Balaban J connectivity index is 2.16. The maximum atomic E-state index is 13.4. The number of hydrogen-bond donors (Lipinski definition) is 1. The molecule has 1 aromatic carbocycles. The lowest BCUT2D eigenvalue weighted by molar-refractivity contribution is -0.145. The van der Waals surface area contributed by atoms with Crippen LogP contribution in [0.1, 0.15) is 27.2 Å². The first-order valence-corrected chi connectivity index (χ1v) is 7.90. The van der Waals surface area contributed by atoms with Gasteiger partial charge < -0.3 is 19.9 Å². The lowest BCUT2D eigenvalue weighted by Crippen LogP contribution is -2.44. The van der Waals surface area contributed by atoms with Gasteiger partial charge in [0, 0.05) is 12.5 Å². The number of methoxy groups -OCH3 is 1. The van der Waals surface area contributed by atoms with Crippen LogP contribution in [0.25, 0.3) is 0 Å². The molecule has 0 saturated carbocycles. The minimum atomic E-state index is -0.834. The van der Waals surface area contributed by atoms with Crippen molar-refractivity contribution in [1.29, 1.82) is 0 Å². The molecule has 0 unspecified atom stereocenters. The number of rotatable bonds is 3. The van der Waals surface area contributed by atoms with Crippen LogP contribution in [0.4, 0.5) is 14.9 Å². The maximum Gasteiger partial charge on any atom is 0.411 e. The first-order chi connectivity index (χ1) is 11.6. The summed E-state index contributed by atoms with van der Waals surface area (Å²) in [5, 5.41) is 0. The Kier molecular flexibility index (Phi) is 5.39. The van der Waals surface area contributed by atoms with Gasteiger partial charge in [0.2, 0.25) is 0 Å². The van der Waals surface area contributed by atoms with E-state index in [1.54, 1.807) is 20.8 Å². The molecule has 8 heteroatoms. The topological polar surface area (TPSA) is 91.1 Å². The number of halogens is 1. The van der Waals surface area contributed by atoms with Crippen LogP contribution in [-0.4, -0.2) is 48.4 Å². The zero-order valence-electron chi connectivity index (χ0n) is 14.7. The molecule has 2 N–H and O–H groups in total. The van der Waals surface area contributed by atoms with Gasteiger partial charge in [-0.25, -0.2) is 14.0 Å². The second kappa shape index (κ2) is 7.16. The van der Waals surface area contributed by atoms with Crippen molar-refractivity contribution in [2.45, 2.75) is 44.9 Å². The number of amides is 1. The predicted octanol–water partition coefficient (Wildman–Crippen LogP) is 2.34. The van der Waals surface area contributed by atoms with E-state index in [4.69, 9.17) is 19.9 Å². The number of benzene rings is 1. The fourth-order valence-electron chi connectivity index (χ4n) is 2.55. The molecule has 25 heavy (non-hydrogen) atoms. The second-order valence-electron chi connectivity index (χ2n) is 6.83. The third-order valence-corrected chi connectivity index (χ3v) is 3.63. The minimum absolute atomic E-state index is 0.102. The molecular formula is C17H23FN2O5. The summed E-state index contributed by atoms with van der Waals surface area (Å²) in [6, 6.07) is 2.95. The van der Waals surface area contributed by atoms with Crippen molar-refractivity contribution in [3.05, 3.63) is 24.0 Å². The number of nitrogen functional groups attached to an aromatic ring is 1. The molecule has 0 spiro atoms. The van der Waals surface area contributed by atoms with Gasteiger partial charge in [0.05, 0.1) is 19.3 Å². The van der Waals surface area contributed by atoms with Gasteiger partial charge in [-0.15, -0.1) is 0 Å². The fourth-order valence-corrected chi connectivity index (χ4v) is 2.55. The highest BCUT2D eigenvalue weighted by Gasteiger charge is 2.43. The predicted molar refractivity (Wildman–Crippen MR) is 88.6 cm³/mol. The second-order valence-corrected chi connectivity index (χ2v) is 6.83. The number of ether oxygens (including phenoxy) is 3. The summed E-state index contributed by atoms with van der Waals surface area (Å²) in [6.45, 7) is 5.30. The zero-order valence-corrected chi connectivity index (χ0v) is 14.7. The lowest BCUT2D eigenvalue weighted by atomic mass is 10.2. The smallest absolute Gasteiger partial charge is 0.411 e. The number of nitrogens with two attached hydrogens (primary N) is 1. The molecule has 0 aromatic heterocycles. The highest BCUT2D eigenvalue weighted by molar-refractivity contribution is 5.82. The minimum Gasteiger partial charge on any atom is -0.486 e. The van der Waals surface area contributed by atoms with E-state index in [9.17, 15) is 14.0 Å². The number of nitrogens with zero attached hydrogens (tertiary/aromatic N) is 1. The Hall–Kier alpha value is -2.51. The van der Waals surface area contributed by atoms with Crippen LogP contribution in [0.5, 0.6) is 5.75 Å². The van der Waals surface area contributed by atoms with Crippen molar-refractivity contribution in [1.82, 2.24) is 4.90 Å². The molecule has 1 heterocycles. The lowest BCUT2D eigenvalue weighted by Gasteiger charge is -2.27. The maximum absolute atomic E-state index is 13.4. The van der Waals surface area contributed by atoms with Crippen molar-refractivity contribution in [2.24, 2.45) is 0 Å². The Labute approximate surface area is 145 Å². The largest absolute Gasteiger partial charge is 0.486 e. The molecule has 0 aliphatic carbocycles. The molecule has 1 fully saturated rings. The van der Waals surface area contributed by atoms with E-state index in [1.165, 1.54) is 30.2 Å². The van der Waals surface area contributed by atoms with Gasteiger partial charge in [0.1, 0.15) is 29.3 Å². The summed E-state index contributed by atoms with van der Waals surface area (Å²) in [4.78, 5) is 25.6. The van der Waals surface area contributed by atoms with Gasteiger partial charge in [-0.3, -0.25) is 4.90 Å². The molecule has 2 atom stereocenters. The first kappa shape index (κ1) is 18.8. The first-order valence-electron chi connectivity index (χ1n) is 7.90. The van der Waals surface area contributed by atoms with Crippen LogP contribution >= 0.6 is 0 Å². The number of carbonyl (C=O) groups excluding carboxylic acids is 2. The monoisotopic (exact) mass is 354 g/mol. The highest BCUT2D eigenvalue weighted by Crippen LogP contribution is 2.29. The van der Waals surface area contributed by atoms with E-state index < -0.39 is 35.6 Å². The van der Waals surface area contributed by atoms with Crippen LogP contribution in [0.2, 0.25) is 0 Å². The molecule has 1 aromatic rings. The molecule has 0 radical (unpaired) electrons. The van der Waals surface area contributed by atoms with E-state index >= 15 is 0 Å². The molecule has 0 bridgehead atoms. The van der Waals surface area contributed by atoms with Gasteiger partial charge in [-0.1, -0.05) is 0 Å². The van der Waals surface area contributed by atoms with Gasteiger partial charge in [-0.2, -0.15) is 0 Å². The highest BCUT2D eigenvalue weighted by atomic mass is 19.1. The van der Waals surface area contributed by atoms with Crippen LogP contribution < -0.4 is 10.5 Å². The van der Waals surface area contributed by atoms with Crippen LogP contribution in [0.15, 0.2) is 18.2 Å². The third kappa shape index (κ3) is 4.74. The number of anilines is 1. The standard InChI is InChI=1S/C17H23FN2O5/c1-17(2,3)25-16(22)20-9-11(8-13(20)15(21)23-4)24-14-7-10(18)5-6-12(14)19/h5-7,11,13H,8-9,19H2,1-4H3/t11-,13-/m0/s1. The Morgan fingerprint density at radius 2 is 2.00 bits per heavy atom. The fraction of sp³-hybridized carbons (Fsp3) is 0.529. The van der Waals surface area contributed by atoms with Crippen molar-refractivity contribution < 1.29 is 28.2 Å². The normalized spacial score (nSPS) is 20.3. The Bertz CT molecular complexity index is 659. The molecule has 1 aliphatic rings. The SMILES string of the molecule is COC(=O)[C@@H]1C[C@H](Oc2cc(F)ccc2N)CN1C(=O)OC(C)(C)C. The van der Waals surface area contributed by atoms with E-state index in [1.807, 2.05) is 0 Å². The van der Waals surface area contributed by atoms with E-state index in [0.29, 0.717) is 0 Å². The number of carbonyl (C=O) groups is 2. The average Bonchev–Trinajstić information content (AvgIpc) is 2.92. The molecule has 1 aliphatic heterocycles. The van der Waals surface area contributed by atoms with Crippen LogP contribution in [0, 0.1) is 5.82 Å². The van der Waals surface area contributed by atoms with Gasteiger partial charge in [-0.05, 0) is 32.9 Å². The molecular weight excluding hydrogens is 331 g/mol. The van der Waals surface area contributed by atoms with E-state index in [2.05, 4.69) is 0 Å². The summed E-state index contributed by atoms with van der Waals surface area (Å²) in [7, 11) is 1.24. The van der Waals surface area contributed by atoms with E-state index in [-0.39, 0.29) is 24.4 Å². The van der Waals surface area contributed by atoms with Crippen LogP contribution in [0.3, 0.4) is 0 Å². The quantitative estimate of drug-likeness (QED) is 0.662. The summed E-state index contributed by atoms with van der Waals surface area (Å²) >= 11 is 0. The summed E-state index contributed by atoms with van der Waals surface area (Å²) < 4.78 is 29.2. The van der Waals surface area contributed by atoms with Gasteiger partial charge >= 0.3 is 12.1 Å². The van der Waals surface area contributed by atoms with Crippen molar-refractivity contribution in [3.63, 3.8) is 0 Å². The molecule has 2 rings (SSSR count). The number of likely N-dealkylation sites (tertiary alicyclic amines) is 1. The van der Waals surface area contributed by atoms with E-state index in [0.717, 1.165) is 0 Å². The number of esters is 1. The average molecular weight is 354 g/mol. The summed E-state index contributed by atoms with van der Waals surface area (Å²) in [5.41, 5.74) is 5.34.